The molecular formula is C12H16N2O4S. The molecule has 2 rings (SSSR count). The smallest absolute Gasteiger partial charge is 0.258 e. The predicted molar refractivity (Wildman–Crippen MR) is 71.6 cm³/mol. The number of hydrogen-bond donors (Lipinski definition) is 1. The van der Waals surface area contributed by atoms with Crippen LogP contribution in [0, 0.1) is 6.92 Å². The third-order valence-electron chi connectivity index (χ3n) is 2.96. The number of amides is 1. The Bertz CT molecular complexity index is 612. The first-order valence-corrected chi connectivity index (χ1v) is 7.68. The first kappa shape index (κ1) is 13.7. The summed E-state index contributed by atoms with van der Waals surface area (Å²) in [6, 6.07) is 5.17. The Kier molecular flexibility index (Phi) is 3.40. The van der Waals surface area contributed by atoms with E-state index >= 15 is 0 Å². The Morgan fingerprint density at radius 2 is 2.16 bits per heavy atom. The molecule has 0 bridgehead atoms. The van der Waals surface area contributed by atoms with Crippen LogP contribution in [0.1, 0.15) is 12.0 Å². The van der Waals surface area contributed by atoms with Crippen LogP contribution in [0.2, 0.25) is 0 Å². The second-order valence-corrected chi connectivity index (χ2v) is 6.51. The first-order valence-electron chi connectivity index (χ1n) is 5.83. The summed E-state index contributed by atoms with van der Waals surface area (Å²) in [6.45, 7) is 2.03. The highest BCUT2D eigenvalue weighted by Gasteiger charge is 2.30. The lowest BCUT2D eigenvalue weighted by molar-refractivity contribution is -0.124. The van der Waals surface area contributed by atoms with Gasteiger partial charge in [-0.3, -0.25) is 9.10 Å². The van der Waals surface area contributed by atoms with Gasteiger partial charge < -0.3 is 10.5 Å². The van der Waals surface area contributed by atoms with Crippen molar-refractivity contribution in [2.45, 2.75) is 19.4 Å². The molecule has 0 fully saturated rings. The summed E-state index contributed by atoms with van der Waals surface area (Å²) in [5.74, 6) is -0.237. The standard InChI is InChI=1S/C12H16N2O4S/c1-8-3-4-10-9(7-8)14(19(2,16)17)6-5-11(18-10)12(13)15/h3-4,7,11H,5-6H2,1-2H3,(H2,13,15)/t11-/m0/s1. The average molecular weight is 284 g/mol. The molecule has 0 aromatic heterocycles. The number of sulfonamides is 1. The molecule has 1 aromatic carbocycles. The van der Waals surface area contributed by atoms with Gasteiger partial charge in [0.15, 0.2) is 6.10 Å². The number of nitrogens with two attached hydrogens (primary N) is 1. The summed E-state index contributed by atoms with van der Waals surface area (Å²) in [7, 11) is -3.43. The number of aryl methyl sites for hydroxylation is 1. The molecule has 1 atom stereocenters. The van der Waals surface area contributed by atoms with Crippen molar-refractivity contribution in [3.8, 4) is 5.75 Å². The lowest BCUT2D eigenvalue weighted by Gasteiger charge is -2.21. The topological polar surface area (TPSA) is 89.7 Å². The highest BCUT2D eigenvalue weighted by atomic mass is 32.2. The summed E-state index contributed by atoms with van der Waals surface area (Å²) in [6.07, 6.45) is 0.549. The van der Waals surface area contributed by atoms with Crippen LogP contribution < -0.4 is 14.8 Å². The predicted octanol–water partition coefficient (Wildman–Crippen LogP) is 0.397. The SMILES string of the molecule is Cc1ccc2c(c1)N(S(C)(=O)=O)CC[C@@H](C(N)=O)O2. The van der Waals surface area contributed by atoms with Crippen LogP contribution in [-0.4, -0.2) is 33.2 Å². The van der Waals surface area contributed by atoms with Gasteiger partial charge in [-0.15, -0.1) is 0 Å². The van der Waals surface area contributed by atoms with Crippen molar-refractivity contribution >= 4 is 21.6 Å². The maximum Gasteiger partial charge on any atom is 0.258 e. The summed E-state index contributed by atoms with van der Waals surface area (Å²) < 4.78 is 30.5. The first-order chi connectivity index (χ1) is 8.79. The van der Waals surface area contributed by atoms with Crippen LogP contribution in [0.4, 0.5) is 5.69 Å². The molecule has 104 valence electrons. The van der Waals surface area contributed by atoms with Crippen molar-refractivity contribution in [3.63, 3.8) is 0 Å². The molecule has 0 saturated heterocycles. The minimum absolute atomic E-state index is 0.170. The molecule has 19 heavy (non-hydrogen) atoms. The summed E-state index contributed by atoms with van der Waals surface area (Å²) in [5.41, 5.74) is 6.61. The molecule has 0 unspecified atom stereocenters. The number of rotatable bonds is 2. The molecule has 1 aliphatic rings. The van der Waals surface area contributed by atoms with E-state index in [0.29, 0.717) is 11.4 Å². The van der Waals surface area contributed by atoms with E-state index in [1.807, 2.05) is 6.92 Å². The molecule has 2 N–H and O–H groups in total. The zero-order valence-electron chi connectivity index (χ0n) is 10.8. The second kappa shape index (κ2) is 4.73. The summed E-state index contributed by atoms with van der Waals surface area (Å²) in [5, 5.41) is 0. The van der Waals surface area contributed by atoms with Crippen molar-refractivity contribution in [2.75, 3.05) is 17.1 Å². The Balaban J connectivity index is 2.53. The van der Waals surface area contributed by atoms with Gasteiger partial charge in [0.25, 0.3) is 5.91 Å². The fraction of sp³-hybridized carbons (Fsp3) is 0.417. The third kappa shape index (κ3) is 2.81. The van der Waals surface area contributed by atoms with Crippen LogP contribution in [0.3, 0.4) is 0 Å². The molecule has 1 amide bonds. The Labute approximate surface area is 112 Å². The minimum atomic E-state index is -3.43. The van der Waals surface area contributed by atoms with E-state index in [0.717, 1.165) is 11.8 Å². The van der Waals surface area contributed by atoms with E-state index in [1.54, 1.807) is 18.2 Å². The number of benzene rings is 1. The van der Waals surface area contributed by atoms with Gasteiger partial charge in [0.2, 0.25) is 10.0 Å². The van der Waals surface area contributed by atoms with Crippen LogP contribution in [0.25, 0.3) is 0 Å². The number of carbonyl (C=O) groups excluding carboxylic acids is 1. The quantitative estimate of drug-likeness (QED) is 0.851. The van der Waals surface area contributed by atoms with Gasteiger partial charge in [-0.2, -0.15) is 0 Å². The molecule has 1 heterocycles. The Morgan fingerprint density at radius 3 is 2.74 bits per heavy atom. The van der Waals surface area contributed by atoms with Gasteiger partial charge in [-0.25, -0.2) is 8.42 Å². The van der Waals surface area contributed by atoms with Gasteiger partial charge in [0.05, 0.1) is 11.9 Å². The van der Waals surface area contributed by atoms with Gasteiger partial charge in [-0.05, 0) is 24.6 Å². The van der Waals surface area contributed by atoms with Crippen molar-refractivity contribution < 1.29 is 17.9 Å². The molecule has 0 radical (unpaired) electrons. The van der Waals surface area contributed by atoms with Gasteiger partial charge in [0, 0.05) is 13.0 Å². The number of anilines is 1. The Morgan fingerprint density at radius 1 is 1.47 bits per heavy atom. The molecule has 1 aromatic rings. The van der Waals surface area contributed by atoms with E-state index < -0.39 is 22.0 Å². The minimum Gasteiger partial charge on any atom is -0.478 e. The van der Waals surface area contributed by atoms with Gasteiger partial charge in [0.1, 0.15) is 5.75 Å². The van der Waals surface area contributed by atoms with E-state index in [1.165, 1.54) is 4.31 Å². The maximum absolute atomic E-state index is 11.8. The average Bonchev–Trinajstić information content (AvgIpc) is 2.47. The van der Waals surface area contributed by atoms with Crippen molar-refractivity contribution in [3.05, 3.63) is 23.8 Å². The number of hydrogen-bond acceptors (Lipinski definition) is 4. The molecule has 6 nitrogen and oxygen atoms in total. The van der Waals surface area contributed by atoms with E-state index in [4.69, 9.17) is 10.5 Å². The van der Waals surface area contributed by atoms with Gasteiger partial charge in [-0.1, -0.05) is 6.07 Å². The number of carbonyl (C=O) groups is 1. The zero-order chi connectivity index (χ0) is 14.2. The van der Waals surface area contributed by atoms with Crippen molar-refractivity contribution in [1.82, 2.24) is 0 Å². The summed E-state index contributed by atoms with van der Waals surface area (Å²) >= 11 is 0. The zero-order valence-corrected chi connectivity index (χ0v) is 11.6. The molecule has 0 saturated carbocycles. The largest absolute Gasteiger partial charge is 0.478 e. The Hall–Kier alpha value is -1.76. The van der Waals surface area contributed by atoms with E-state index in [2.05, 4.69) is 0 Å². The highest BCUT2D eigenvalue weighted by Crippen LogP contribution is 2.34. The molecule has 1 aliphatic heterocycles. The fourth-order valence-electron chi connectivity index (χ4n) is 2.03. The number of primary amides is 1. The third-order valence-corrected chi connectivity index (χ3v) is 4.14. The number of nitrogens with zero attached hydrogens (tertiary/aromatic N) is 1. The molecule has 0 aliphatic carbocycles. The van der Waals surface area contributed by atoms with Crippen LogP contribution in [0.5, 0.6) is 5.75 Å². The lowest BCUT2D eigenvalue weighted by atomic mass is 10.2. The van der Waals surface area contributed by atoms with Crippen molar-refractivity contribution in [1.29, 1.82) is 0 Å². The van der Waals surface area contributed by atoms with Crippen LogP contribution in [-0.2, 0) is 14.8 Å². The highest BCUT2D eigenvalue weighted by molar-refractivity contribution is 7.92. The molecule has 7 heteroatoms. The normalized spacial score (nSPS) is 19.3. The number of fused-ring (bicyclic) bond motifs is 1. The lowest BCUT2D eigenvalue weighted by Crippen LogP contribution is -2.36. The van der Waals surface area contributed by atoms with Gasteiger partial charge >= 0.3 is 0 Å². The van der Waals surface area contributed by atoms with Crippen molar-refractivity contribution in [2.24, 2.45) is 5.73 Å². The van der Waals surface area contributed by atoms with E-state index in [-0.39, 0.29) is 13.0 Å². The molecule has 0 spiro atoms. The van der Waals surface area contributed by atoms with Crippen LogP contribution >= 0.6 is 0 Å². The van der Waals surface area contributed by atoms with Crippen LogP contribution in [0.15, 0.2) is 18.2 Å². The second-order valence-electron chi connectivity index (χ2n) is 4.60. The maximum atomic E-state index is 11.8. The molecular weight excluding hydrogens is 268 g/mol. The summed E-state index contributed by atoms with van der Waals surface area (Å²) in [4.78, 5) is 11.3. The fourth-order valence-corrected chi connectivity index (χ4v) is 2.97. The monoisotopic (exact) mass is 284 g/mol. The number of ether oxygens (including phenoxy) is 1. The van der Waals surface area contributed by atoms with E-state index in [9.17, 15) is 13.2 Å².